The predicted octanol–water partition coefficient (Wildman–Crippen LogP) is -0.462. The molecule has 0 aliphatic carbocycles. The molecule has 52 valence electrons. The third-order valence-electron chi connectivity index (χ3n) is 1.09. The van der Waals surface area contributed by atoms with Gasteiger partial charge in [0.25, 0.3) is 0 Å². The standard InChI is InChI=1S/C4H8N2O2S/c1-6-2-3(4(7)8)5-9-6/h3,5H,2H2,1H3,(H,7,8). The van der Waals surface area contributed by atoms with Crippen LogP contribution in [0.5, 0.6) is 0 Å². The Morgan fingerprint density at radius 3 is 2.89 bits per heavy atom. The molecule has 0 bridgehead atoms. The summed E-state index contributed by atoms with van der Waals surface area (Å²) >= 11 is 1.34. The molecule has 1 saturated heterocycles. The molecule has 2 N–H and O–H groups in total. The van der Waals surface area contributed by atoms with Crippen LogP contribution in [0.25, 0.3) is 0 Å². The largest absolute Gasteiger partial charge is 0.480 e. The molecule has 5 heteroatoms. The van der Waals surface area contributed by atoms with Gasteiger partial charge >= 0.3 is 5.97 Å². The molecule has 1 aliphatic rings. The molecule has 1 heterocycles. The van der Waals surface area contributed by atoms with Gasteiger partial charge in [0.1, 0.15) is 6.04 Å². The SMILES string of the molecule is CN1CC(C(=O)O)NS1. The van der Waals surface area contributed by atoms with Crippen molar-refractivity contribution in [2.45, 2.75) is 6.04 Å². The van der Waals surface area contributed by atoms with Crippen LogP contribution in [-0.2, 0) is 4.79 Å². The fraction of sp³-hybridized carbons (Fsp3) is 0.750. The Kier molecular flexibility index (Phi) is 1.94. The number of nitrogens with one attached hydrogen (secondary N) is 1. The number of carbonyl (C=O) groups is 1. The minimum absolute atomic E-state index is 0.403. The number of aliphatic carboxylic acids is 1. The number of carboxylic acid groups (broad SMARTS) is 1. The van der Waals surface area contributed by atoms with E-state index in [0.717, 1.165) is 0 Å². The smallest absolute Gasteiger partial charge is 0.322 e. The van der Waals surface area contributed by atoms with E-state index in [1.165, 1.54) is 12.1 Å². The fourth-order valence-electron chi connectivity index (χ4n) is 0.614. The first kappa shape index (κ1) is 6.85. The van der Waals surface area contributed by atoms with Crippen molar-refractivity contribution in [2.24, 2.45) is 0 Å². The minimum Gasteiger partial charge on any atom is -0.480 e. The summed E-state index contributed by atoms with van der Waals surface area (Å²) in [6, 6.07) is -0.403. The van der Waals surface area contributed by atoms with E-state index >= 15 is 0 Å². The van der Waals surface area contributed by atoms with Crippen LogP contribution in [0.1, 0.15) is 0 Å². The molecule has 1 aliphatic heterocycles. The number of carboxylic acids is 1. The van der Waals surface area contributed by atoms with E-state index in [1.807, 2.05) is 11.4 Å². The molecule has 0 amide bonds. The summed E-state index contributed by atoms with van der Waals surface area (Å²) in [5.74, 6) is -0.785. The number of likely N-dealkylation sites (N-methyl/N-ethyl adjacent to an activating group) is 1. The third kappa shape index (κ3) is 1.57. The first-order valence-electron chi connectivity index (χ1n) is 2.56. The van der Waals surface area contributed by atoms with Crippen LogP contribution in [0.3, 0.4) is 0 Å². The van der Waals surface area contributed by atoms with E-state index in [-0.39, 0.29) is 0 Å². The minimum atomic E-state index is -0.785. The molecule has 0 aromatic heterocycles. The first-order valence-corrected chi connectivity index (χ1v) is 3.34. The average molecular weight is 148 g/mol. The maximum atomic E-state index is 10.2. The van der Waals surface area contributed by atoms with Gasteiger partial charge in [-0.05, 0) is 7.05 Å². The van der Waals surface area contributed by atoms with Crippen LogP contribution in [0.4, 0.5) is 0 Å². The Balaban J connectivity index is 2.39. The molecule has 0 saturated carbocycles. The lowest BCUT2D eigenvalue weighted by molar-refractivity contribution is -0.138. The van der Waals surface area contributed by atoms with Crippen LogP contribution in [0.15, 0.2) is 0 Å². The summed E-state index contributed by atoms with van der Waals surface area (Å²) in [5, 5.41) is 8.43. The van der Waals surface area contributed by atoms with E-state index in [0.29, 0.717) is 6.54 Å². The van der Waals surface area contributed by atoms with Gasteiger partial charge in [-0.2, -0.15) is 0 Å². The number of rotatable bonds is 1. The zero-order valence-electron chi connectivity index (χ0n) is 5.00. The third-order valence-corrected chi connectivity index (χ3v) is 1.94. The van der Waals surface area contributed by atoms with Crippen molar-refractivity contribution < 1.29 is 9.90 Å². The van der Waals surface area contributed by atoms with Gasteiger partial charge in [-0.3, -0.25) is 4.79 Å². The zero-order valence-corrected chi connectivity index (χ0v) is 5.81. The summed E-state index contributed by atoms with van der Waals surface area (Å²) in [6.07, 6.45) is 0. The number of hydrogen-bond donors (Lipinski definition) is 2. The van der Waals surface area contributed by atoms with Crippen molar-refractivity contribution >= 4 is 18.1 Å². The van der Waals surface area contributed by atoms with Gasteiger partial charge in [0.05, 0.1) is 0 Å². The molecule has 1 rings (SSSR count). The average Bonchev–Trinajstić information content (AvgIpc) is 2.14. The molecule has 9 heavy (non-hydrogen) atoms. The second-order valence-corrected chi connectivity index (χ2v) is 2.95. The normalized spacial score (nSPS) is 28.8. The second-order valence-electron chi connectivity index (χ2n) is 1.91. The van der Waals surface area contributed by atoms with E-state index in [4.69, 9.17) is 5.11 Å². The topological polar surface area (TPSA) is 52.6 Å². The summed E-state index contributed by atoms with van der Waals surface area (Å²) < 4.78 is 4.59. The Hall–Kier alpha value is -0.260. The number of nitrogens with zero attached hydrogens (tertiary/aromatic N) is 1. The van der Waals surface area contributed by atoms with Crippen molar-refractivity contribution in [2.75, 3.05) is 13.6 Å². The highest BCUT2D eigenvalue weighted by molar-refractivity contribution is 7.95. The molecule has 1 unspecified atom stereocenters. The lowest BCUT2D eigenvalue weighted by atomic mass is 10.3. The molecular formula is C4H8N2O2S. The summed E-state index contributed by atoms with van der Waals surface area (Å²) in [6.45, 7) is 0.569. The summed E-state index contributed by atoms with van der Waals surface area (Å²) in [4.78, 5) is 10.2. The monoisotopic (exact) mass is 148 g/mol. The molecule has 1 atom stereocenters. The van der Waals surface area contributed by atoms with E-state index in [2.05, 4.69) is 4.72 Å². The molecule has 0 aromatic rings. The van der Waals surface area contributed by atoms with Gasteiger partial charge in [0.15, 0.2) is 0 Å². The van der Waals surface area contributed by atoms with Crippen LogP contribution >= 0.6 is 12.1 Å². The molecule has 0 radical (unpaired) electrons. The number of hydrogen-bond acceptors (Lipinski definition) is 4. The summed E-state index contributed by atoms with van der Waals surface area (Å²) in [7, 11) is 1.85. The van der Waals surface area contributed by atoms with Crippen molar-refractivity contribution in [3.8, 4) is 0 Å². The van der Waals surface area contributed by atoms with E-state index < -0.39 is 12.0 Å². The zero-order chi connectivity index (χ0) is 6.85. The van der Waals surface area contributed by atoms with Crippen molar-refractivity contribution in [3.05, 3.63) is 0 Å². The van der Waals surface area contributed by atoms with E-state index in [9.17, 15) is 4.79 Å². The quantitative estimate of drug-likeness (QED) is 0.493. The van der Waals surface area contributed by atoms with Gasteiger partial charge in [-0.15, -0.1) is 0 Å². The predicted molar refractivity (Wildman–Crippen MR) is 34.8 cm³/mol. The van der Waals surface area contributed by atoms with Gasteiger partial charge in [-0.25, -0.2) is 9.03 Å². The van der Waals surface area contributed by atoms with E-state index in [1.54, 1.807) is 0 Å². The van der Waals surface area contributed by atoms with Crippen LogP contribution < -0.4 is 4.72 Å². The second kappa shape index (κ2) is 2.55. The molecule has 4 nitrogen and oxygen atoms in total. The van der Waals surface area contributed by atoms with Crippen molar-refractivity contribution in [1.29, 1.82) is 0 Å². The Bertz CT molecular complexity index is 130. The lowest BCUT2D eigenvalue weighted by Gasteiger charge is -2.00. The van der Waals surface area contributed by atoms with Gasteiger partial charge in [0.2, 0.25) is 0 Å². The fourth-order valence-corrected chi connectivity index (χ4v) is 1.32. The van der Waals surface area contributed by atoms with Crippen molar-refractivity contribution in [1.82, 2.24) is 9.03 Å². The van der Waals surface area contributed by atoms with Gasteiger partial charge < -0.3 is 5.11 Å². The summed E-state index contributed by atoms with van der Waals surface area (Å²) in [5.41, 5.74) is 0. The lowest BCUT2D eigenvalue weighted by Crippen LogP contribution is -2.31. The maximum Gasteiger partial charge on any atom is 0.322 e. The molecular weight excluding hydrogens is 140 g/mol. The van der Waals surface area contributed by atoms with Crippen molar-refractivity contribution in [3.63, 3.8) is 0 Å². The highest BCUT2D eigenvalue weighted by Gasteiger charge is 2.25. The van der Waals surface area contributed by atoms with Crippen LogP contribution in [-0.4, -0.2) is 35.0 Å². The molecule has 0 spiro atoms. The van der Waals surface area contributed by atoms with Gasteiger partial charge in [0, 0.05) is 18.7 Å². The van der Waals surface area contributed by atoms with Crippen LogP contribution in [0.2, 0.25) is 0 Å². The Labute approximate surface area is 57.5 Å². The maximum absolute atomic E-state index is 10.2. The molecule has 1 fully saturated rings. The first-order chi connectivity index (χ1) is 4.20. The van der Waals surface area contributed by atoms with Crippen LogP contribution in [0, 0.1) is 0 Å². The van der Waals surface area contributed by atoms with Gasteiger partial charge in [-0.1, -0.05) is 0 Å². The highest BCUT2D eigenvalue weighted by Crippen LogP contribution is 2.12. The highest BCUT2D eigenvalue weighted by atomic mass is 32.2. The molecule has 0 aromatic carbocycles. The Morgan fingerprint density at radius 1 is 2.00 bits per heavy atom. The Morgan fingerprint density at radius 2 is 2.67 bits per heavy atom.